The van der Waals surface area contributed by atoms with Crippen LogP contribution in [0.25, 0.3) is 0 Å². The quantitative estimate of drug-likeness (QED) is 0.212. The molecule has 31 heavy (non-hydrogen) atoms. The van der Waals surface area contributed by atoms with E-state index in [1.54, 1.807) is 7.11 Å². The molecule has 3 atom stereocenters. The molecule has 0 radical (unpaired) electrons. The summed E-state index contributed by atoms with van der Waals surface area (Å²) in [6.07, 6.45) is 2.57. The van der Waals surface area contributed by atoms with E-state index in [4.69, 9.17) is 13.9 Å². The van der Waals surface area contributed by atoms with Gasteiger partial charge >= 0.3 is 0 Å². The maximum atomic E-state index is 6.76. The van der Waals surface area contributed by atoms with Crippen molar-refractivity contribution in [1.82, 2.24) is 0 Å². The molecule has 0 saturated carbocycles. The number of ether oxygens (including phenoxy) is 2. The van der Waals surface area contributed by atoms with Gasteiger partial charge in [-0.25, -0.2) is 0 Å². The van der Waals surface area contributed by atoms with E-state index in [2.05, 4.69) is 78.5 Å². The molecule has 5 heteroatoms. The highest BCUT2D eigenvalue weighted by molar-refractivity contribution is 6.83. The Labute approximate surface area is 193 Å². The number of benzene rings is 1. The van der Waals surface area contributed by atoms with Crippen LogP contribution in [0.4, 0.5) is 0 Å². The van der Waals surface area contributed by atoms with Gasteiger partial charge in [-0.1, -0.05) is 71.5 Å². The van der Waals surface area contributed by atoms with Crippen LogP contribution >= 0.6 is 0 Å². The highest BCUT2D eigenvalue weighted by Gasteiger charge is 2.39. The minimum Gasteiger partial charge on any atom is -0.497 e. The van der Waals surface area contributed by atoms with Crippen LogP contribution in [-0.2, 0) is 15.8 Å². The Bertz CT molecular complexity index is 746. The molecular weight excluding hydrogens is 416 g/mol. The molecule has 0 spiro atoms. The zero-order valence-corrected chi connectivity index (χ0v) is 23.5. The maximum absolute atomic E-state index is 6.76. The molecule has 1 rings (SSSR count). The van der Waals surface area contributed by atoms with E-state index >= 15 is 0 Å². The molecule has 1 aromatic carbocycles. The van der Waals surface area contributed by atoms with Gasteiger partial charge in [0, 0.05) is 12.3 Å². The van der Waals surface area contributed by atoms with Crippen LogP contribution < -0.4 is 4.74 Å². The summed E-state index contributed by atoms with van der Waals surface area (Å²) in [6, 6.07) is 8.02. The number of rotatable bonds is 10. The van der Waals surface area contributed by atoms with Crippen LogP contribution in [0.1, 0.15) is 39.7 Å². The summed E-state index contributed by atoms with van der Waals surface area (Å²) in [5.74, 6) is 4.56. The molecule has 0 aromatic heterocycles. The van der Waals surface area contributed by atoms with Crippen molar-refractivity contribution < 1.29 is 13.9 Å². The Morgan fingerprint density at radius 3 is 2.10 bits per heavy atom. The molecule has 174 valence electrons. The first-order valence-electron chi connectivity index (χ1n) is 11.3. The average Bonchev–Trinajstić information content (AvgIpc) is 2.67. The average molecular weight is 461 g/mol. The number of hydrogen-bond donors (Lipinski definition) is 0. The van der Waals surface area contributed by atoms with Gasteiger partial charge in [-0.3, -0.25) is 0 Å². The van der Waals surface area contributed by atoms with Crippen LogP contribution in [0.3, 0.4) is 0 Å². The molecule has 0 aliphatic rings. The fourth-order valence-corrected chi connectivity index (χ4v) is 4.50. The first kappa shape index (κ1) is 27.7. The van der Waals surface area contributed by atoms with Crippen LogP contribution in [0.5, 0.6) is 5.75 Å². The van der Waals surface area contributed by atoms with Gasteiger partial charge in [0.15, 0.2) is 8.32 Å². The van der Waals surface area contributed by atoms with Gasteiger partial charge in [0.1, 0.15) is 19.9 Å². The van der Waals surface area contributed by atoms with Gasteiger partial charge in [0.2, 0.25) is 0 Å². The van der Waals surface area contributed by atoms with Crippen molar-refractivity contribution in [1.29, 1.82) is 0 Å². The van der Waals surface area contributed by atoms with Crippen molar-refractivity contribution in [3.05, 3.63) is 42.5 Å². The molecule has 0 amide bonds. The fraction of sp³-hybridized carbons (Fsp3) is 0.615. The van der Waals surface area contributed by atoms with Crippen molar-refractivity contribution in [3.8, 4) is 17.2 Å². The van der Waals surface area contributed by atoms with Crippen molar-refractivity contribution >= 4 is 16.4 Å². The van der Waals surface area contributed by atoms with Crippen LogP contribution in [0.15, 0.2) is 36.9 Å². The Morgan fingerprint density at radius 2 is 1.65 bits per heavy atom. The summed E-state index contributed by atoms with van der Waals surface area (Å²) in [7, 11) is -1.78. The Balaban J connectivity index is 3.05. The van der Waals surface area contributed by atoms with Gasteiger partial charge in [0.05, 0.1) is 19.8 Å². The standard InChI is InChI=1S/C26H44O3Si2/c1-12-21(2)25(28-20-22-13-15-23(27-6)16-14-22)19-24(17-18-30(7,8)9)29-31(10,11)26(3,4)5/h12-16,21,24-25H,1,19-20H2,2-11H3/t21-,24+,25+/m0/s1. The largest absolute Gasteiger partial charge is 0.497 e. The van der Waals surface area contributed by atoms with Crippen molar-refractivity contribution in [2.75, 3.05) is 7.11 Å². The summed E-state index contributed by atoms with van der Waals surface area (Å²) in [6.45, 7) is 24.9. The van der Waals surface area contributed by atoms with Crippen LogP contribution in [0.2, 0.25) is 37.8 Å². The Kier molecular flexibility index (Phi) is 10.3. The van der Waals surface area contributed by atoms with E-state index in [1.807, 2.05) is 30.3 Å². The second-order valence-electron chi connectivity index (χ2n) is 10.9. The van der Waals surface area contributed by atoms with Gasteiger partial charge in [0.25, 0.3) is 0 Å². The molecule has 0 saturated heterocycles. The monoisotopic (exact) mass is 460 g/mol. The van der Waals surface area contributed by atoms with Gasteiger partial charge < -0.3 is 13.9 Å². The minimum atomic E-state index is -1.96. The molecule has 0 heterocycles. The summed E-state index contributed by atoms with van der Waals surface area (Å²) >= 11 is 0. The predicted molar refractivity (Wildman–Crippen MR) is 139 cm³/mol. The Morgan fingerprint density at radius 1 is 1.06 bits per heavy atom. The molecular formula is C26H44O3Si2. The lowest BCUT2D eigenvalue weighted by molar-refractivity contribution is -0.00413. The van der Waals surface area contributed by atoms with E-state index < -0.39 is 16.4 Å². The van der Waals surface area contributed by atoms with Crippen LogP contribution in [0, 0.1) is 17.4 Å². The number of hydrogen-bond acceptors (Lipinski definition) is 3. The lowest BCUT2D eigenvalue weighted by atomic mass is 9.99. The maximum Gasteiger partial charge on any atom is 0.193 e. The topological polar surface area (TPSA) is 27.7 Å². The third-order valence-electron chi connectivity index (χ3n) is 5.88. The third-order valence-corrected chi connectivity index (χ3v) is 11.3. The van der Waals surface area contributed by atoms with E-state index in [9.17, 15) is 0 Å². The van der Waals surface area contributed by atoms with Gasteiger partial charge in [-0.05, 0) is 35.8 Å². The lowest BCUT2D eigenvalue weighted by Crippen LogP contribution is -2.45. The Hall–Kier alpha value is -1.33. The molecule has 0 aliphatic carbocycles. The van der Waals surface area contributed by atoms with Gasteiger partial charge in [-0.15, -0.1) is 12.1 Å². The van der Waals surface area contributed by atoms with E-state index in [0.717, 1.165) is 17.7 Å². The summed E-state index contributed by atoms with van der Waals surface area (Å²) < 4.78 is 18.4. The van der Waals surface area contributed by atoms with E-state index in [1.165, 1.54) is 0 Å². The highest BCUT2D eigenvalue weighted by atomic mass is 28.4. The van der Waals surface area contributed by atoms with Gasteiger partial charge in [-0.2, -0.15) is 0 Å². The predicted octanol–water partition coefficient (Wildman–Crippen LogP) is 7.06. The molecule has 0 fully saturated rings. The molecule has 0 N–H and O–H groups in total. The SMILES string of the molecule is C=C[C@H](C)[C@@H](C[C@@H](C#C[Si](C)(C)C)O[Si](C)(C)C(C)(C)C)OCc1ccc(OC)cc1. The zero-order chi connectivity index (χ0) is 23.9. The van der Waals surface area contributed by atoms with Crippen molar-refractivity contribution in [2.45, 2.75) is 90.7 Å². The minimum absolute atomic E-state index is 0.00898. The summed E-state index contributed by atoms with van der Waals surface area (Å²) in [5.41, 5.74) is 4.66. The summed E-state index contributed by atoms with van der Waals surface area (Å²) in [5, 5.41) is 0.135. The van der Waals surface area contributed by atoms with E-state index in [0.29, 0.717) is 6.61 Å². The summed E-state index contributed by atoms with van der Waals surface area (Å²) in [4.78, 5) is 0. The smallest absolute Gasteiger partial charge is 0.193 e. The van der Waals surface area contributed by atoms with Crippen molar-refractivity contribution in [2.24, 2.45) is 5.92 Å². The molecule has 0 aliphatic heterocycles. The first-order chi connectivity index (χ1) is 14.2. The second-order valence-corrected chi connectivity index (χ2v) is 20.4. The highest BCUT2D eigenvalue weighted by Crippen LogP contribution is 2.38. The number of methoxy groups -OCH3 is 1. The lowest BCUT2D eigenvalue weighted by Gasteiger charge is -2.39. The second kappa shape index (κ2) is 11.5. The first-order valence-corrected chi connectivity index (χ1v) is 17.7. The van der Waals surface area contributed by atoms with Crippen molar-refractivity contribution in [3.63, 3.8) is 0 Å². The molecule has 0 bridgehead atoms. The van der Waals surface area contributed by atoms with Crippen LogP contribution in [-0.4, -0.2) is 35.7 Å². The molecule has 3 nitrogen and oxygen atoms in total. The molecule has 1 aromatic rings. The third kappa shape index (κ3) is 9.78. The van der Waals surface area contributed by atoms with E-state index in [-0.39, 0.29) is 23.2 Å². The molecule has 0 unspecified atom stereocenters. The normalized spacial score (nSPS) is 15.4. The fourth-order valence-electron chi connectivity index (χ4n) is 2.69. The zero-order valence-electron chi connectivity index (χ0n) is 21.5.